The molecule has 1 N–H and O–H groups in total. The Labute approximate surface area is 106 Å². The number of hydrogen-bond acceptors (Lipinski definition) is 2. The fraction of sp³-hybridized carbons (Fsp3) is 1.00. The van der Waals surface area contributed by atoms with Crippen LogP contribution in [0.15, 0.2) is 0 Å². The second kappa shape index (κ2) is 4.55. The van der Waals surface area contributed by atoms with Crippen LogP contribution in [-0.4, -0.2) is 36.6 Å². The van der Waals surface area contributed by atoms with Crippen molar-refractivity contribution >= 4 is 0 Å². The highest BCUT2D eigenvalue weighted by molar-refractivity contribution is 5.06. The Balaban J connectivity index is 1.57. The normalized spacial score (nSPS) is 41.6. The van der Waals surface area contributed by atoms with Crippen LogP contribution >= 0.6 is 0 Å². The van der Waals surface area contributed by atoms with Crippen LogP contribution in [-0.2, 0) is 0 Å². The second-order valence-electron chi connectivity index (χ2n) is 6.84. The van der Waals surface area contributed by atoms with Gasteiger partial charge in [0.2, 0.25) is 0 Å². The summed E-state index contributed by atoms with van der Waals surface area (Å²) in [6.07, 6.45) is 8.68. The van der Waals surface area contributed by atoms with E-state index in [1.54, 1.807) is 0 Å². The summed E-state index contributed by atoms with van der Waals surface area (Å²) in [6.45, 7) is 8.80. The average Bonchev–Trinajstić information content (AvgIpc) is 2.97. The minimum Gasteiger partial charge on any atom is -0.317 e. The predicted octanol–water partition coefficient (Wildman–Crippen LogP) is 2.64. The standard InChI is InChI=1S/C15H28N2/c1-12-4-3-5-13(2)17(12)11-14-10-15(14)6-8-16-9-7-15/h12-14,16H,3-11H2,1-2H3. The number of rotatable bonds is 2. The van der Waals surface area contributed by atoms with Gasteiger partial charge in [0.05, 0.1) is 0 Å². The smallest absolute Gasteiger partial charge is 0.00698 e. The first kappa shape index (κ1) is 12.0. The Bertz CT molecular complexity index is 260. The third kappa shape index (κ3) is 2.26. The first-order chi connectivity index (χ1) is 8.21. The van der Waals surface area contributed by atoms with Gasteiger partial charge in [-0.2, -0.15) is 0 Å². The van der Waals surface area contributed by atoms with E-state index < -0.39 is 0 Å². The van der Waals surface area contributed by atoms with Crippen molar-refractivity contribution in [2.45, 2.75) is 64.5 Å². The molecule has 17 heavy (non-hydrogen) atoms. The van der Waals surface area contributed by atoms with E-state index in [2.05, 4.69) is 24.1 Å². The molecule has 3 atom stereocenters. The molecule has 3 unspecified atom stereocenters. The average molecular weight is 236 g/mol. The number of nitrogens with one attached hydrogen (secondary N) is 1. The summed E-state index contributed by atoms with van der Waals surface area (Å²) in [4.78, 5) is 2.81. The highest BCUT2D eigenvalue weighted by Gasteiger charge is 2.54. The summed E-state index contributed by atoms with van der Waals surface area (Å²) in [7, 11) is 0. The van der Waals surface area contributed by atoms with Gasteiger partial charge in [-0.15, -0.1) is 0 Å². The maximum Gasteiger partial charge on any atom is 0.00698 e. The van der Waals surface area contributed by atoms with E-state index >= 15 is 0 Å². The van der Waals surface area contributed by atoms with Gasteiger partial charge in [-0.05, 0) is 70.4 Å². The Hall–Kier alpha value is -0.0800. The van der Waals surface area contributed by atoms with Crippen molar-refractivity contribution in [3.8, 4) is 0 Å². The van der Waals surface area contributed by atoms with Crippen molar-refractivity contribution in [3.05, 3.63) is 0 Å². The van der Waals surface area contributed by atoms with Crippen molar-refractivity contribution < 1.29 is 0 Å². The second-order valence-corrected chi connectivity index (χ2v) is 6.84. The first-order valence-electron chi connectivity index (χ1n) is 7.68. The molecule has 2 heterocycles. The molecule has 0 bridgehead atoms. The van der Waals surface area contributed by atoms with Crippen LogP contribution in [0.25, 0.3) is 0 Å². The summed E-state index contributed by atoms with van der Waals surface area (Å²) in [5.41, 5.74) is 0.766. The zero-order chi connectivity index (χ0) is 11.9. The maximum atomic E-state index is 3.51. The molecule has 2 nitrogen and oxygen atoms in total. The van der Waals surface area contributed by atoms with Gasteiger partial charge >= 0.3 is 0 Å². The van der Waals surface area contributed by atoms with E-state index in [9.17, 15) is 0 Å². The quantitative estimate of drug-likeness (QED) is 0.793. The molecule has 0 amide bonds. The maximum absolute atomic E-state index is 3.51. The molecule has 98 valence electrons. The number of nitrogens with zero attached hydrogens (tertiary/aromatic N) is 1. The van der Waals surface area contributed by atoms with Crippen LogP contribution in [0, 0.1) is 11.3 Å². The van der Waals surface area contributed by atoms with Crippen LogP contribution < -0.4 is 5.32 Å². The molecule has 2 aliphatic heterocycles. The van der Waals surface area contributed by atoms with E-state index in [0.29, 0.717) is 0 Å². The Morgan fingerprint density at radius 1 is 1.12 bits per heavy atom. The van der Waals surface area contributed by atoms with Crippen LogP contribution in [0.2, 0.25) is 0 Å². The van der Waals surface area contributed by atoms with Crippen LogP contribution in [0.5, 0.6) is 0 Å². The van der Waals surface area contributed by atoms with E-state index in [4.69, 9.17) is 0 Å². The van der Waals surface area contributed by atoms with Gasteiger partial charge in [0.25, 0.3) is 0 Å². The molecule has 0 radical (unpaired) electrons. The van der Waals surface area contributed by atoms with E-state index in [-0.39, 0.29) is 0 Å². The molecular weight excluding hydrogens is 208 g/mol. The third-order valence-corrected chi connectivity index (χ3v) is 5.77. The Kier molecular flexibility index (Phi) is 3.20. The van der Waals surface area contributed by atoms with Crippen molar-refractivity contribution in [1.82, 2.24) is 10.2 Å². The minimum absolute atomic E-state index is 0.766. The summed E-state index contributed by atoms with van der Waals surface area (Å²) in [6, 6.07) is 1.66. The molecule has 2 saturated heterocycles. The predicted molar refractivity (Wildman–Crippen MR) is 72.1 cm³/mol. The van der Waals surface area contributed by atoms with Crippen LogP contribution in [0.1, 0.15) is 52.4 Å². The van der Waals surface area contributed by atoms with Crippen LogP contribution in [0.4, 0.5) is 0 Å². The molecule has 2 heteroatoms. The lowest BCUT2D eigenvalue weighted by Crippen LogP contribution is -2.45. The fourth-order valence-electron chi connectivity index (χ4n) is 4.32. The van der Waals surface area contributed by atoms with Crippen molar-refractivity contribution in [1.29, 1.82) is 0 Å². The van der Waals surface area contributed by atoms with E-state index in [1.807, 2.05) is 0 Å². The Morgan fingerprint density at radius 3 is 2.41 bits per heavy atom. The van der Waals surface area contributed by atoms with E-state index in [1.165, 1.54) is 58.2 Å². The highest BCUT2D eigenvalue weighted by atomic mass is 15.2. The largest absolute Gasteiger partial charge is 0.317 e. The fourth-order valence-corrected chi connectivity index (χ4v) is 4.32. The zero-order valence-corrected chi connectivity index (χ0v) is 11.5. The highest BCUT2D eigenvalue weighted by Crippen LogP contribution is 2.59. The molecule has 0 aromatic heterocycles. The molecule has 1 saturated carbocycles. The number of piperidine rings is 2. The van der Waals surface area contributed by atoms with Gasteiger partial charge < -0.3 is 5.32 Å². The van der Waals surface area contributed by atoms with Gasteiger partial charge in [-0.25, -0.2) is 0 Å². The SMILES string of the molecule is CC1CCCC(C)N1CC1CC12CCNCC2. The lowest BCUT2D eigenvalue weighted by atomic mass is 9.90. The van der Waals surface area contributed by atoms with Crippen molar-refractivity contribution in [3.63, 3.8) is 0 Å². The molecule has 3 aliphatic rings. The Morgan fingerprint density at radius 2 is 1.76 bits per heavy atom. The summed E-state index contributed by atoms with van der Waals surface area (Å²) < 4.78 is 0. The molecule has 3 fully saturated rings. The molecule has 1 aliphatic carbocycles. The third-order valence-electron chi connectivity index (χ3n) is 5.77. The molecule has 0 aromatic rings. The van der Waals surface area contributed by atoms with Gasteiger partial charge in [0.15, 0.2) is 0 Å². The molecule has 1 spiro atoms. The van der Waals surface area contributed by atoms with Gasteiger partial charge in [-0.3, -0.25) is 4.90 Å². The van der Waals surface area contributed by atoms with E-state index in [0.717, 1.165) is 23.4 Å². The summed E-state index contributed by atoms with van der Waals surface area (Å²) >= 11 is 0. The number of likely N-dealkylation sites (tertiary alicyclic amines) is 1. The monoisotopic (exact) mass is 236 g/mol. The number of hydrogen-bond donors (Lipinski definition) is 1. The lowest BCUT2D eigenvalue weighted by molar-refractivity contribution is 0.0900. The minimum atomic E-state index is 0.766. The zero-order valence-electron chi connectivity index (χ0n) is 11.5. The molecule has 3 rings (SSSR count). The molecular formula is C15H28N2. The summed E-state index contributed by atoms with van der Waals surface area (Å²) in [5, 5.41) is 3.51. The van der Waals surface area contributed by atoms with Crippen LogP contribution in [0.3, 0.4) is 0 Å². The lowest BCUT2D eigenvalue weighted by Gasteiger charge is -2.40. The first-order valence-corrected chi connectivity index (χ1v) is 7.68. The van der Waals surface area contributed by atoms with Crippen molar-refractivity contribution in [2.75, 3.05) is 19.6 Å². The van der Waals surface area contributed by atoms with Gasteiger partial charge in [0, 0.05) is 18.6 Å². The molecule has 0 aromatic carbocycles. The topological polar surface area (TPSA) is 15.3 Å². The summed E-state index contributed by atoms with van der Waals surface area (Å²) in [5.74, 6) is 1.02. The van der Waals surface area contributed by atoms with Gasteiger partial charge in [-0.1, -0.05) is 6.42 Å². The van der Waals surface area contributed by atoms with Crippen molar-refractivity contribution in [2.24, 2.45) is 11.3 Å². The van der Waals surface area contributed by atoms with Gasteiger partial charge in [0.1, 0.15) is 0 Å².